The molecule has 4 atom stereocenters. The highest BCUT2D eigenvalue weighted by atomic mass is 32.2. The molecule has 0 bridgehead atoms. The second-order valence-corrected chi connectivity index (χ2v) is 8.74. The van der Waals surface area contributed by atoms with Crippen LogP contribution in [-0.4, -0.2) is 45.2 Å². The van der Waals surface area contributed by atoms with Crippen LogP contribution in [0.5, 0.6) is 0 Å². The topological polar surface area (TPSA) is 55.4 Å². The summed E-state index contributed by atoms with van der Waals surface area (Å²) in [5, 5.41) is 3.47. The van der Waals surface area contributed by atoms with Crippen molar-refractivity contribution >= 4 is 9.84 Å². The van der Waals surface area contributed by atoms with E-state index in [-0.39, 0.29) is 0 Å². The van der Waals surface area contributed by atoms with Crippen molar-refractivity contribution in [3.8, 4) is 0 Å². The highest BCUT2D eigenvalue weighted by Crippen LogP contribution is 2.32. The monoisotopic (exact) mass is 303 g/mol. The van der Waals surface area contributed by atoms with Crippen LogP contribution < -0.4 is 5.32 Å². The highest BCUT2D eigenvalue weighted by Gasteiger charge is 2.35. The second kappa shape index (κ2) is 7.23. The van der Waals surface area contributed by atoms with Crippen LogP contribution in [0.4, 0.5) is 0 Å². The van der Waals surface area contributed by atoms with E-state index >= 15 is 0 Å². The van der Waals surface area contributed by atoms with Crippen LogP contribution in [0, 0.1) is 11.8 Å². The van der Waals surface area contributed by atoms with E-state index in [4.69, 9.17) is 4.74 Å². The Bertz CT molecular complexity index is 396. The fourth-order valence-corrected chi connectivity index (χ4v) is 5.42. The van der Waals surface area contributed by atoms with E-state index in [1.54, 1.807) is 0 Å². The number of nitrogens with one attached hydrogen (secondary N) is 1. The quantitative estimate of drug-likeness (QED) is 0.731. The predicted octanol–water partition coefficient (Wildman–Crippen LogP) is 1.99. The minimum Gasteiger partial charge on any atom is -0.375 e. The third-order valence-corrected chi connectivity index (χ3v) is 6.45. The van der Waals surface area contributed by atoms with Crippen LogP contribution in [0.2, 0.25) is 0 Å². The first-order chi connectivity index (χ1) is 9.50. The van der Waals surface area contributed by atoms with Crippen LogP contribution in [0.15, 0.2) is 0 Å². The van der Waals surface area contributed by atoms with Gasteiger partial charge in [-0.05, 0) is 64.0 Å². The molecule has 0 aliphatic carbocycles. The zero-order valence-electron chi connectivity index (χ0n) is 12.8. The molecular formula is C15H29NO3S. The van der Waals surface area contributed by atoms with Crippen LogP contribution in [0.25, 0.3) is 0 Å². The maximum absolute atomic E-state index is 11.7. The lowest BCUT2D eigenvalue weighted by molar-refractivity contribution is 0.0355. The van der Waals surface area contributed by atoms with Crippen LogP contribution in [-0.2, 0) is 14.6 Å². The van der Waals surface area contributed by atoms with E-state index in [9.17, 15) is 8.42 Å². The Labute approximate surface area is 123 Å². The molecule has 5 heteroatoms. The van der Waals surface area contributed by atoms with E-state index in [0.717, 1.165) is 45.2 Å². The summed E-state index contributed by atoms with van der Waals surface area (Å²) < 4.78 is 29.4. The van der Waals surface area contributed by atoms with Gasteiger partial charge in [0.2, 0.25) is 0 Å². The summed E-state index contributed by atoms with van der Waals surface area (Å²) in [4.78, 5) is 0. The van der Waals surface area contributed by atoms with Crippen molar-refractivity contribution in [1.29, 1.82) is 0 Å². The molecule has 0 spiro atoms. The average molecular weight is 303 g/mol. The van der Waals surface area contributed by atoms with Gasteiger partial charge in [-0.3, -0.25) is 0 Å². The lowest BCUT2D eigenvalue weighted by atomic mass is 9.86. The van der Waals surface area contributed by atoms with E-state index in [1.807, 2.05) is 0 Å². The molecule has 2 fully saturated rings. The van der Waals surface area contributed by atoms with Crippen molar-refractivity contribution in [2.75, 3.05) is 24.6 Å². The van der Waals surface area contributed by atoms with Gasteiger partial charge in [0.1, 0.15) is 0 Å². The molecular weight excluding hydrogens is 274 g/mol. The standard InChI is InChI=1S/C15H29NO3S/c1-3-7-16-10-14(9-15-5-4-12(2)19-15)13-6-8-20(17,18)11-13/h12-16H,3-11H2,1-2H3. The first kappa shape index (κ1) is 16.2. The third-order valence-electron chi connectivity index (χ3n) is 4.65. The Kier molecular flexibility index (Phi) is 5.87. The number of rotatable bonds is 7. The van der Waals surface area contributed by atoms with Gasteiger partial charge in [0.05, 0.1) is 23.7 Å². The van der Waals surface area contributed by atoms with Crippen LogP contribution in [0.1, 0.15) is 46.0 Å². The maximum Gasteiger partial charge on any atom is 0.150 e. The number of hydrogen-bond acceptors (Lipinski definition) is 4. The molecule has 2 aliphatic heterocycles. The average Bonchev–Trinajstić information content (AvgIpc) is 2.94. The van der Waals surface area contributed by atoms with Crippen LogP contribution >= 0.6 is 0 Å². The summed E-state index contributed by atoms with van der Waals surface area (Å²) in [7, 11) is -2.78. The van der Waals surface area contributed by atoms with Crippen molar-refractivity contribution in [3.63, 3.8) is 0 Å². The molecule has 2 heterocycles. The summed E-state index contributed by atoms with van der Waals surface area (Å²) >= 11 is 0. The van der Waals surface area contributed by atoms with Crippen LogP contribution in [0.3, 0.4) is 0 Å². The van der Waals surface area contributed by atoms with Gasteiger partial charge in [0.25, 0.3) is 0 Å². The second-order valence-electron chi connectivity index (χ2n) is 6.51. The van der Waals surface area contributed by atoms with Gasteiger partial charge in [-0.1, -0.05) is 6.92 Å². The predicted molar refractivity (Wildman–Crippen MR) is 81.6 cm³/mol. The summed E-state index contributed by atoms with van der Waals surface area (Å²) in [5.41, 5.74) is 0. The van der Waals surface area contributed by atoms with Gasteiger partial charge in [-0.15, -0.1) is 0 Å². The largest absolute Gasteiger partial charge is 0.375 e. The summed E-state index contributed by atoms with van der Waals surface area (Å²) in [5.74, 6) is 1.52. The fraction of sp³-hybridized carbons (Fsp3) is 1.00. The van der Waals surface area contributed by atoms with Crippen molar-refractivity contribution < 1.29 is 13.2 Å². The molecule has 0 aromatic rings. The van der Waals surface area contributed by atoms with Gasteiger partial charge in [-0.2, -0.15) is 0 Å². The summed E-state index contributed by atoms with van der Waals surface area (Å²) in [6.07, 6.45) is 5.95. The Hall–Kier alpha value is -0.130. The maximum atomic E-state index is 11.7. The molecule has 4 nitrogen and oxygen atoms in total. The van der Waals surface area contributed by atoms with E-state index in [1.165, 1.54) is 0 Å². The Morgan fingerprint density at radius 3 is 2.65 bits per heavy atom. The summed E-state index contributed by atoms with van der Waals surface area (Å²) in [6.45, 7) is 6.23. The molecule has 0 aromatic carbocycles. The number of ether oxygens (including phenoxy) is 1. The van der Waals surface area contributed by atoms with E-state index in [2.05, 4.69) is 19.2 Å². The first-order valence-electron chi connectivity index (χ1n) is 8.06. The smallest absolute Gasteiger partial charge is 0.150 e. The zero-order chi connectivity index (χ0) is 14.6. The lowest BCUT2D eigenvalue weighted by Gasteiger charge is -2.26. The fourth-order valence-electron chi connectivity index (χ4n) is 3.50. The molecule has 0 saturated carbocycles. The minimum atomic E-state index is -2.78. The molecule has 2 saturated heterocycles. The molecule has 1 N–H and O–H groups in total. The molecule has 4 unspecified atom stereocenters. The zero-order valence-corrected chi connectivity index (χ0v) is 13.6. The van der Waals surface area contributed by atoms with Gasteiger partial charge >= 0.3 is 0 Å². The molecule has 0 aromatic heterocycles. The van der Waals surface area contributed by atoms with Crippen molar-refractivity contribution in [2.24, 2.45) is 11.8 Å². The Morgan fingerprint density at radius 1 is 1.30 bits per heavy atom. The lowest BCUT2D eigenvalue weighted by Crippen LogP contribution is -2.32. The van der Waals surface area contributed by atoms with E-state index < -0.39 is 9.84 Å². The van der Waals surface area contributed by atoms with Gasteiger partial charge < -0.3 is 10.1 Å². The van der Waals surface area contributed by atoms with E-state index in [0.29, 0.717) is 35.5 Å². The number of sulfone groups is 1. The molecule has 118 valence electrons. The van der Waals surface area contributed by atoms with Gasteiger partial charge in [0.15, 0.2) is 9.84 Å². The molecule has 0 amide bonds. The molecule has 2 rings (SSSR count). The number of hydrogen-bond donors (Lipinski definition) is 1. The SMILES string of the molecule is CCCNCC(CC1CCC(C)O1)C1CCS(=O)(=O)C1. The van der Waals surface area contributed by atoms with Gasteiger partial charge in [0, 0.05) is 0 Å². The Balaban J connectivity index is 1.90. The summed E-state index contributed by atoms with van der Waals surface area (Å²) in [6, 6.07) is 0. The Morgan fingerprint density at radius 2 is 2.10 bits per heavy atom. The van der Waals surface area contributed by atoms with Crippen molar-refractivity contribution in [3.05, 3.63) is 0 Å². The minimum absolute atomic E-state index is 0.323. The first-order valence-corrected chi connectivity index (χ1v) is 9.89. The molecule has 2 aliphatic rings. The normalized spacial score (nSPS) is 34.4. The van der Waals surface area contributed by atoms with Crippen molar-refractivity contribution in [1.82, 2.24) is 5.32 Å². The van der Waals surface area contributed by atoms with Gasteiger partial charge in [-0.25, -0.2) is 8.42 Å². The van der Waals surface area contributed by atoms with Crippen molar-refractivity contribution in [2.45, 2.75) is 58.2 Å². The third kappa shape index (κ3) is 4.71. The molecule has 20 heavy (non-hydrogen) atoms. The highest BCUT2D eigenvalue weighted by molar-refractivity contribution is 7.91. The molecule has 0 radical (unpaired) electrons.